The molecular formula is C34H55N5O5. The quantitative estimate of drug-likeness (QED) is 0.363. The van der Waals surface area contributed by atoms with E-state index in [1.54, 1.807) is 42.2 Å². The first-order valence-electron chi connectivity index (χ1n) is 16.3. The number of furan rings is 1. The highest BCUT2D eigenvalue weighted by Crippen LogP contribution is 2.27. The van der Waals surface area contributed by atoms with Gasteiger partial charge in [0.05, 0.1) is 24.9 Å². The molecule has 0 radical (unpaired) electrons. The molecule has 1 aromatic rings. The molecule has 246 valence electrons. The molecule has 2 unspecified atom stereocenters. The van der Waals surface area contributed by atoms with Crippen molar-refractivity contribution < 1.29 is 23.6 Å². The Bertz CT molecular complexity index is 1170. The predicted octanol–water partition coefficient (Wildman–Crippen LogP) is 4.11. The number of hydrogen-bond donors (Lipinski definition) is 2. The maximum Gasteiger partial charge on any atom is 0.249 e. The van der Waals surface area contributed by atoms with Gasteiger partial charge in [0.25, 0.3) is 0 Å². The second kappa shape index (κ2) is 15.2. The monoisotopic (exact) mass is 613 g/mol. The second-order valence-electron chi connectivity index (χ2n) is 14.1. The van der Waals surface area contributed by atoms with Gasteiger partial charge >= 0.3 is 0 Å². The number of piperidine rings is 1. The van der Waals surface area contributed by atoms with E-state index in [4.69, 9.17) is 4.42 Å². The summed E-state index contributed by atoms with van der Waals surface area (Å²) >= 11 is 0. The van der Waals surface area contributed by atoms with Crippen molar-refractivity contribution in [3.8, 4) is 0 Å². The molecule has 2 aliphatic rings. The summed E-state index contributed by atoms with van der Waals surface area (Å²) in [7, 11) is 1.74. The van der Waals surface area contributed by atoms with Crippen molar-refractivity contribution in [2.45, 2.75) is 124 Å². The van der Waals surface area contributed by atoms with Gasteiger partial charge in [-0.25, -0.2) is 0 Å². The van der Waals surface area contributed by atoms with E-state index in [0.717, 1.165) is 32.2 Å². The highest BCUT2D eigenvalue weighted by molar-refractivity contribution is 5.97. The summed E-state index contributed by atoms with van der Waals surface area (Å²) in [6.07, 6.45) is 7.57. The first-order chi connectivity index (χ1) is 20.6. The molecule has 0 spiro atoms. The zero-order valence-corrected chi connectivity index (χ0v) is 28.3. The first kappa shape index (κ1) is 35.3. The number of hydrogen-bond acceptors (Lipinski definition) is 6. The van der Waals surface area contributed by atoms with E-state index in [1.807, 2.05) is 40.7 Å². The maximum absolute atomic E-state index is 14.1. The number of amides is 4. The van der Waals surface area contributed by atoms with Gasteiger partial charge in [-0.05, 0) is 76.5 Å². The van der Waals surface area contributed by atoms with Gasteiger partial charge in [0.15, 0.2) is 0 Å². The third-order valence-electron chi connectivity index (χ3n) is 8.98. The molecule has 3 heterocycles. The SMILES string of the molecule is C/C(=C\[C@H](C(C)C)N(C)C(=O)C(NC(=O)[C@H]1CCCCN1C(C)C)C(C)(C)C)C(=O)N1CCCC1C(=O)NCc1ccco1. The van der Waals surface area contributed by atoms with Crippen LogP contribution in [0.1, 0.15) is 93.3 Å². The van der Waals surface area contributed by atoms with Gasteiger partial charge in [0.1, 0.15) is 17.8 Å². The highest BCUT2D eigenvalue weighted by Gasteiger charge is 2.40. The van der Waals surface area contributed by atoms with Crippen LogP contribution in [0, 0.1) is 11.3 Å². The predicted molar refractivity (Wildman–Crippen MR) is 171 cm³/mol. The van der Waals surface area contributed by atoms with Gasteiger partial charge in [0, 0.05) is 25.2 Å². The molecule has 10 heteroatoms. The molecule has 2 aliphatic heterocycles. The molecule has 2 saturated heterocycles. The van der Waals surface area contributed by atoms with Gasteiger partial charge < -0.3 is 24.9 Å². The van der Waals surface area contributed by atoms with Crippen LogP contribution in [0.5, 0.6) is 0 Å². The third kappa shape index (κ3) is 8.73. The Morgan fingerprint density at radius 3 is 2.30 bits per heavy atom. The largest absolute Gasteiger partial charge is 0.467 e. The number of nitrogens with zero attached hydrogens (tertiary/aromatic N) is 3. The molecular weight excluding hydrogens is 558 g/mol. The minimum Gasteiger partial charge on any atom is -0.467 e. The second-order valence-corrected chi connectivity index (χ2v) is 14.1. The van der Waals surface area contributed by atoms with Gasteiger partial charge in [-0.1, -0.05) is 47.1 Å². The lowest BCUT2D eigenvalue weighted by Gasteiger charge is -2.41. The summed E-state index contributed by atoms with van der Waals surface area (Å²) in [4.78, 5) is 59.8. The Hall–Kier alpha value is -3.14. The molecule has 2 N–H and O–H groups in total. The van der Waals surface area contributed by atoms with Crippen LogP contribution in [-0.4, -0.2) is 88.7 Å². The van der Waals surface area contributed by atoms with Crippen LogP contribution in [0.25, 0.3) is 0 Å². The summed E-state index contributed by atoms with van der Waals surface area (Å²) in [6.45, 7) is 17.5. The van der Waals surface area contributed by atoms with E-state index in [9.17, 15) is 19.2 Å². The average Bonchev–Trinajstić information content (AvgIpc) is 3.68. The summed E-state index contributed by atoms with van der Waals surface area (Å²) in [5.41, 5.74) is -0.0413. The number of rotatable bonds is 11. The Kier molecular flexibility index (Phi) is 12.2. The summed E-state index contributed by atoms with van der Waals surface area (Å²) < 4.78 is 5.31. The van der Waals surface area contributed by atoms with E-state index in [2.05, 4.69) is 29.4 Å². The summed E-state index contributed by atoms with van der Waals surface area (Å²) in [5.74, 6) is -0.0514. The molecule has 2 fully saturated rings. The third-order valence-corrected chi connectivity index (χ3v) is 8.98. The molecule has 0 aliphatic carbocycles. The lowest BCUT2D eigenvalue weighted by molar-refractivity contribution is -0.142. The van der Waals surface area contributed by atoms with Crippen molar-refractivity contribution in [2.24, 2.45) is 11.3 Å². The normalized spacial score (nSPS) is 21.3. The van der Waals surface area contributed by atoms with Crippen molar-refractivity contribution in [2.75, 3.05) is 20.1 Å². The molecule has 44 heavy (non-hydrogen) atoms. The van der Waals surface area contributed by atoms with Crippen LogP contribution in [0.15, 0.2) is 34.5 Å². The van der Waals surface area contributed by atoms with Crippen LogP contribution < -0.4 is 10.6 Å². The number of carbonyl (C=O) groups excluding carboxylic acids is 4. The molecule has 3 rings (SSSR count). The topological polar surface area (TPSA) is 115 Å². The van der Waals surface area contributed by atoms with Crippen LogP contribution in [0.2, 0.25) is 0 Å². The minimum atomic E-state index is -0.734. The van der Waals surface area contributed by atoms with E-state index < -0.39 is 17.5 Å². The Morgan fingerprint density at radius 2 is 1.70 bits per heavy atom. The van der Waals surface area contributed by atoms with E-state index in [-0.39, 0.29) is 54.2 Å². The number of nitrogens with one attached hydrogen (secondary N) is 2. The highest BCUT2D eigenvalue weighted by atomic mass is 16.3. The maximum atomic E-state index is 14.1. The van der Waals surface area contributed by atoms with E-state index in [0.29, 0.717) is 24.3 Å². The Balaban J connectivity index is 1.75. The number of likely N-dealkylation sites (N-methyl/N-ethyl adjacent to an activating group) is 1. The van der Waals surface area contributed by atoms with E-state index >= 15 is 0 Å². The fourth-order valence-electron chi connectivity index (χ4n) is 6.38. The van der Waals surface area contributed by atoms with Crippen molar-refractivity contribution in [1.82, 2.24) is 25.3 Å². The van der Waals surface area contributed by atoms with Crippen molar-refractivity contribution >= 4 is 23.6 Å². The smallest absolute Gasteiger partial charge is 0.249 e. The molecule has 0 saturated carbocycles. The van der Waals surface area contributed by atoms with Crippen molar-refractivity contribution in [1.29, 1.82) is 0 Å². The molecule has 10 nitrogen and oxygen atoms in total. The van der Waals surface area contributed by atoms with Crippen LogP contribution in [0.3, 0.4) is 0 Å². The standard InChI is InChI=1S/C34H55N5O5/c1-22(2)28(20-24(5)32(42)39-18-12-16-26(39)30(40)35-21-25-14-13-19-44-25)37(9)33(43)29(34(6,7)8)36-31(41)27-15-10-11-17-38(27)23(3)4/h13-14,19-20,22-23,26-29H,10-12,15-18,21H2,1-9H3,(H,35,40)(H,36,41)/b24-20+/t26?,27-,28-,29?/m1/s1. The van der Waals surface area contributed by atoms with Crippen molar-refractivity contribution in [3.05, 3.63) is 35.8 Å². The van der Waals surface area contributed by atoms with Gasteiger partial charge in [-0.2, -0.15) is 0 Å². The van der Waals surface area contributed by atoms with Crippen LogP contribution >= 0.6 is 0 Å². The van der Waals surface area contributed by atoms with E-state index in [1.165, 1.54) is 0 Å². The minimum absolute atomic E-state index is 0.00349. The zero-order valence-electron chi connectivity index (χ0n) is 28.3. The lowest BCUT2D eigenvalue weighted by Crippen LogP contribution is -2.60. The molecule has 0 aromatic carbocycles. The van der Waals surface area contributed by atoms with Gasteiger partial charge in [0.2, 0.25) is 23.6 Å². The fraction of sp³-hybridized carbons (Fsp3) is 0.706. The molecule has 4 amide bonds. The Morgan fingerprint density at radius 1 is 1.02 bits per heavy atom. The summed E-state index contributed by atoms with van der Waals surface area (Å²) in [5, 5.41) is 6.01. The summed E-state index contributed by atoms with van der Waals surface area (Å²) in [6, 6.07) is 1.88. The molecule has 4 atom stereocenters. The fourth-order valence-corrected chi connectivity index (χ4v) is 6.38. The van der Waals surface area contributed by atoms with Gasteiger partial charge in [-0.15, -0.1) is 0 Å². The average molecular weight is 614 g/mol. The number of carbonyl (C=O) groups is 4. The zero-order chi connectivity index (χ0) is 32.8. The van der Waals surface area contributed by atoms with Crippen molar-refractivity contribution in [3.63, 3.8) is 0 Å². The molecule has 0 bridgehead atoms. The number of likely N-dealkylation sites (tertiary alicyclic amines) is 2. The van der Waals surface area contributed by atoms with Crippen LogP contribution in [0.4, 0.5) is 0 Å². The Labute approximate surface area is 263 Å². The van der Waals surface area contributed by atoms with Gasteiger partial charge in [-0.3, -0.25) is 24.1 Å². The first-order valence-corrected chi connectivity index (χ1v) is 16.3. The van der Waals surface area contributed by atoms with Crippen LogP contribution in [-0.2, 0) is 25.7 Å². The lowest BCUT2D eigenvalue weighted by atomic mass is 9.84. The molecule has 1 aromatic heterocycles.